The van der Waals surface area contributed by atoms with Crippen LogP contribution in [-0.4, -0.2) is 33.5 Å². The van der Waals surface area contributed by atoms with E-state index < -0.39 is 11.2 Å². The highest BCUT2D eigenvalue weighted by Gasteiger charge is 2.32. The van der Waals surface area contributed by atoms with Crippen LogP contribution in [0.25, 0.3) is 0 Å². The second-order valence-electron chi connectivity index (χ2n) is 5.18. The number of carbonyl (C=O) groups excluding carboxylic acids is 1. The highest BCUT2D eigenvalue weighted by Crippen LogP contribution is 2.37. The van der Waals surface area contributed by atoms with Gasteiger partial charge in [-0.1, -0.05) is 11.3 Å². The van der Waals surface area contributed by atoms with E-state index in [1.807, 2.05) is 6.92 Å². The Labute approximate surface area is 139 Å². The standard InChI is InChI=1S/C14H14FN3O3S2/c1-7-8(12(19)17-13-16-6-11(15)23-13)5-10(22-7)9-3-2-4-18(9)14(20)21/h5-6,9H,2-4H2,1H3,(H,20,21)(H,16,17,19). The molecule has 2 aromatic heterocycles. The van der Waals surface area contributed by atoms with Crippen LogP contribution in [-0.2, 0) is 0 Å². The molecule has 6 nitrogen and oxygen atoms in total. The Morgan fingerprint density at radius 3 is 2.91 bits per heavy atom. The zero-order valence-electron chi connectivity index (χ0n) is 12.2. The lowest BCUT2D eigenvalue weighted by molar-refractivity contribution is 0.102. The molecule has 1 atom stereocenters. The lowest BCUT2D eigenvalue weighted by atomic mass is 10.1. The number of hydrogen-bond acceptors (Lipinski definition) is 5. The van der Waals surface area contributed by atoms with Crippen LogP contribution in [0.15, 0.2) is 12.3 Å². The van der Waals surface area contributed by atoms with Gasteiger partial charge in [0.1, 0.15) is 0 Å². The third-order valence-electron chi connectivity index (χ3n) is 3.71. The molecule has 0 aliphatic carbocycles. The molecule has 0 saturated carbocycles. The van der Waals surface area contributed by atoms with Gasteiger partial charge in [0.05, 0.1) is 17.8 Å². The number of halogens is 1. The van der Waals surface area contributed by atoms with Crippen LogP contribution < -0.4 is 5.32 Å². The van der Waals surface area contributed by atoms with Gasteiger partial charge < -0.3 is 10.0 Å². The van der Waals surface area contributed by atoms with E-state index in [9.17, 15) is 19.1 Å². The molecule has 3 rings (SSSR count). The van der Waals surface area contributed by atoms with Crippen molar-refractivity contribution < 1.29 is 19.1 Å². The predicted octanol–water partition coefficient (Wildman–Crippen LogP) is 3.72. The topological polar surface area (TPSA) is 82.5 Å². The maximum Gasteiger partial charge on any atom is 0.407 e. The van der Waals surface area contributed by atoms with Gasteiger partial charge in [0.15, 0.2) is 10.3 Å². The zero-order valence-corrected chi connectivity index (χ0v) is 13.8. The molecule has 3 heterocycles. The number of rotatable bonds is 3. The first-order valence-electron chi connectivity index (χ1n) is 6.98. The maximum absolute atomic E-state index is 12.9. The molecule has 1 saturated heterocycles. The molecule has 1 fully saturated rings. The van der Waals surface area contributed by atoms with Gasteiger partial charge in [-0.05, 0) is 25.8 Å². The van der Waals surface area contributed by atoms with E-state index in [1.165, 1.54) is 16.2 Å². The third kappa shape index (κ3) is 3.20. The van der Waals surface area contributed by atoms with E-state index in [0.717, 1.165) is 40.1 Å². The summed E-state index contributed by atoms with van der Waals surface area (Å²) in [6.45, 7) is 2.32. The van der Waals surface area contributed by atoms with Gasteiger partial charge in [-0.3, -0.25) is 10.1 Å². The lowest BCUT2D eigenvalue weighted by Gasteiger charge is -2.19. The lowest BCUT2D eigenvalue weighted by Crippen LogP contribution is -2.28. The first-order valence-corrected chi connectivity index (χ1v) is 8.61. The average Bonchev–Trinajstić information content (AvgIpc) is 3.18. The summed E-state index contributed by atoms with van der Waals surface area (Å²) in [7, 11) is 0. The number of carboxylic acid groups (broad SMARTS) is 1. The van der Waals surface area contributed by atoms with Crippen molar-refractivity contribution in [1.82, 2.24) is 9.88 Å². The van der Waals surface area contributed by atoms with Crippen LogP contribution in [0.5, 0.6) is 0 Å². The number of thiazole rings is 1. The summed E-state index contributed by atoms with van der Waals surface area (Å²) in [6.07, 6.45) is 1.68. The highest BCUT2D eigenvalue weighted by molar-refractivity contribution is 7.14. The number of nitrogens with zero attached hydrogens (tertiary/aromatic N) is 2. The molecule has 0 radical (unpaired) electrons. The summed E-state index contributed by atoms with van der Waals surface area (Å²) < 4.78 is 12.9. The largest absolute Gasteiger partial charge is 0.465 e. The monoisotopic (exact) mass is 355 g/mol. The van der Waals surface area contributed by atoms with E-state index in [1.54, 1.807) is 6.07 Å². The van der Waals surface area contributed by atoms with Crippen LogP contribution >= 0.6 is 22.7 Å². The van der Waals surface area contributed by atoms with Crippen LogP contribution in [0.2, 0.25) is 0 Å². The van der Waals surface area contributed by atoms with E-state index in [0.29, 0.717) is 12.1 Å². The summed E-state index contributed by atoms with van der Waals surface area (Å²) in [5.41, 5.74) is 0.470. The Hall–Kier alpha value is -2.00. The van der Waals surface area contributed by atoms with Crippen molar-refractivity contribution in [2.45, 2.75) is 25.8 Å². The number of carbonyl (C=O) groups is 2. The molecule has 1 aliphatic heterocycles. The molecular formula is C14H14FN3O3S2. The fourth-order valence-corrected chi connectivity index (χ4v) is 4.38. The molecule has 9 heteroatoms. The molecule has 2 amide bonds. The molecule has 122 valence electrons. The number of nitrogens with one attached hydrogen (secondary N) is 1. The smallest absolute Gasteiger partial charge is 0.407 e. The maximum atomic E-state index is 12.9. The minimum Gasteiger partial charge on any atom is -0.465 e. The fraction of sp³-hybridized carbons (Fsp3) is 0.357. The number of amides is 2. The van der Waals surface area contributed by atoms with Crippen molar-refractivity contribution in [2.24, 2.45) is 0 Å². The molecule has 1 aliphatic rings. The van der Waals surface area contributed by atoms with E-state index in [-0.39, 0.29) is 17.1 Å². The van der Waals surface area contributed by atoms with Gasteiger partial charge in [-0.2, -0.15) is 4.39 Å². The van der Waals surface area contributed by atoms with Crippen molar-refractivity contribution in [3.63, 3.8) is 0 Å². The summed E-state index contributed by atoms with van der Waals surface area (Å²) >= 11 is 2.18. The Morgan fingerprint density at radius 2 is 2.26 bits per heavy atom. The van der Waals surface area contributed by atoms with Gasteiger partial charge in [0.2, 0.25) is 0 Å². The minimum atomic E-state index is -0.942. The quantitative estimate of drug-likeness (QED) is 0.879. The predicted molar refractivity (Wildman–Crippen MR) is 85.8 cm³/mol. The molecule has 1 unspecified atom stereocenters. The van der Waals surface area contributed by atoms with E-state index in [2.05, 4.69) is 10.3 Å². The van der Waals surface area contributed by atoms with Gasteiger partial charge in [-0.15, -0.1) is 11.3 Å². The Bertz CT molecular complexity index is 758. The zero-order chi connectivity index (χ0) is 16.6. The minimum absolute atomic E-state index is 0.199. The number of aryl methyl sites for hydroxylation is 1. The number of thiophene rings is 1. The Balaban J connectivity index is 1.80. The highest BCUT2D eigenvalue weighted by atomic mass is 32.1. The van der Waals surface area contributed by atoms with Gasteiger partial charge in [-0.25, -0.2) is 9.78 Å². The summed E-state index contributed by atoms with van der Waals surface area (Å²) in [6, 6.07) is 1.53. The van der Waals surface area contributed by atoms with Gasteiger partial charge in [0, 0.05) is 16.3 Å². The Morgan fingerprint density at radius 1 is 1.48 bits per heavy atom. The number of likely N-dealkylation sites (tertiary alicyclic amines) is 1. The van der Waals surface area contributed by atoms with E-state index in [4.69, 9.17) is 0 Å². The van der Waals surface area contributed by atoms with E-state index >= 15 is 0 Å². The second kappa shape index (κ2) is 6.25. The van der Waals surface area contributed by atoms with Crippen molar-refractivity contribution >= 4 is 39.8 Å². The molecule has 0 bridgehead atoms. The molecule has 0 aromatic carbocycles. The van der Waals surface area contributed by atoms with Crippen LogP contribution in [0, 0.1) is 12.1 Å². The average molecular weight is 355 g/mol. The Kier molecular flexibility index (Phi) is 4.31. The van der Waals surface area contributed by atoms with Crippen LogP contribution in [0.4, 0.5) is 14.3 Å². The van der Waals surface area contributed by atoms with Crippen molar-refractivity contribution in [2.75, 3.05) is 11.9 Å². The van der Waals surface area contributed by atoms with Gasteiger partial charge >= 0.3 is 6.09 Å². The SMILES string of the molecule is Cc1sc(C2CCCN2C(=O)O)cc1C(=O)Nc1ncc(F)s1. The molecule has 0 spiro atoms. The first-order chi connectivity index (χ1) is 11.0. The van der Waals surface area contributed by atoms with Crippen LogP contribution in [0.3, 0.4) is 0 Å². The summed E-state index contributed by atoms with van der Waals surface area (Å²) in [5, 5.41) is 11.5. The molecule has 2 aromatic rings. The van der Waals surface area contributed by atoms with Gasteiger partial charge in [0.25, 0.3) is 5.91 Å². The first kappa shape index (κ1) is 15.9. The molecule has 23 heavy (non-hydrogen) atoms. The molecule has 2 N–H and O–H groups in total. The third-order valence-corrected chi connectivity index (χ3v) is 5.56. The van der Waals surface area contributed by atoms with Crippen LogP contribution in [0.1, 0.15) is 39.0 Å². The number of aromatic nitrogens is 1. The number of anilines is 1. The van der Waals surface area contributed by atoms with Crippen molar-refractivity contribution in [3.8, 4) is 0 Å². The van der Waals surface area contributed by atoms with Crippen molar-refractivity contribution in [1.29, 1.82) is 0 Å². The molecular weight excluding hydrogens is 341 g/mol. The normalized spacial score (nSPS) is 17.5. The summed E-state index contributed by atoms with van der Waals surface area (Å²) in [4.78, 5) is 30.4. The van der Waals surface area contributed by atoms with Crippen molar-refractivity contribution in [3.05, 3.63) is 32.7 Å². The fourth-order valence-electron chi connectivity index (χ4n) is 2.66. The summed E-state index contributed by atoms with van der Waals surface area (Å²) in [5.74, 6) is -0.362. The second-order valence-corrected chi connectivity index (χ2v) is 7.45. The number of hydrogen-bond donors (Lipinski definition) is 2.